The molecule has 0 aromatic heterocycles. The van der Waals surface area contributed by atoms with Gasteiger partial charge in [-0.3, -0.25) is 38.4 Å². The summed E-state index contributed by atoms with van der Waals surface area (Å²) in [5.74, 6) is 21.0. The van der Waals surface area contributed by atoms with E-state index in [-0.39, 0.29) is 51.4 Å². The largest absolute Gasteiger partial charge is 0.399 e. The van der Waals surface area contributed by atoms with Crippen molar-refractivity contribution in [2.75, 3.05) is 34.9 Å². The molecule has 360 valence electrons. The zero-order valence-corrected chi connectivity index (χ0v) is 42.8. The normalized spacial score (nSPS) is 10.5. The second kappa shape index (κ2) is 32.8. The Labute approximate surface area is 425 Å². The number of hydroxylamine groups is 2. The highest BCUT2D eigenvalue weighted by Gasteiger charge is 2.26. The second-order valence-electron chi connectivity index (χ2n) is 14.7. The average Bonchev–Trinajstić information content (AvgIpc) is 3.34. The molecule has 4 aromatic carbocycles. The zero-order valence-electron chi connectivity index (χ0n) is 38.9. The van der Waals surface area contributed by atoms with Gasteiger partial charge in [-0.25, -0.2) is 11.0 Å². The van der Waals surface area contributed by atoms with Crippen LogP contribution in [0.2, 0.25) is 0 Å². The Bertz CT molecular complexity index is 2600. The maximum absolute atomic E-state index is 12.6. The molecule has 2 atom stereocenters. The summed E-state index contributed by atoms with van der Waals surface area (Å²) in [6.07, 6.45) is 0. The predicted octanol–water partition coefficient (Wildman–Crippen LogP) is 6.89. The van der Waals surface area contributed by atoms with Gasteiger partial charge in [-0.15, -0.1) is 0 Å². The molecule has 0 aliphatic heterocycles. The van der Waals surface area contributed by atoms with Gasteiger partial charge in [-0.1, -0.05) is 83.2 Å². The molecular formula is C52H53Br2ClN6O8. The van der Waals surface area contributed by atoms with E-state index in [0.29, 0.717) is 41.3 Å². The number of nitrogens with one attached hydrogen (secondary N) is 5. The Morgan fingerprint density at radius 3 is 1.16 bits per heavy atom. The third kappa shape index (κ3) is 23.6. The summed E-state index contributed by atoms with van der Waals surface area (Å²) in [5.41, 5.74) is 15.6. The van der Waals surface area contributed by atoms with E-state index in [1.165, 1.54) is 0 Å². The van der Waals surface area contributed by atoms with Crippen molar-refractivity contribution in [3.63, 3.8) is 0 Å². The standard InChI is InChI=1S/C26H26BrN3O4.C24H25N3O3.C2H2BrClO/c1-4-34-30-26(33)24(18(2)3)29-25(32)21-13-9-19(10-14-21)7-5-6-8-20-11-15-22(16-12-20)28-23(31)17-27;1-4-30-27-24(29)22(17(2)3)26-23(28)20-13-9-18(10-14-20)7-5-6-8-19-11-15-21(25)16-12-19;3-1-2(4)5/h9-16,18,24H,4,17H2,1-3H3,(H,28,31)(H,29,32)(H,30,33);9-17,22H,4,25H2,1-3H3,(H,26,28)(H,27,29);1H2/t24-;22-;/m00./s1. The number of hydrogen-bond acceptors (Lipinski definition) is 9. The van der Waals surface area contributed by atoms with E-state index in [4.69, 9.17) is 27.0 Å². The molecule has 14 nitrogen and oxygen atoms in total. The number of nitrogens with two attached hydrogens (primary N) is 1. The van der Waals surface area contributed by atoms with Crippen molar-refractivity contribution in [2.45, 2.75) is 53.6 Å². The van der Waals surface area contributed by atoms with Crippen molar-refractivity contribution in [3.05, 3.63) is 130 Å². The predicted molar refractivity (Wildman–Crippen MR) is 276 cm³/mol. The number of hydrogen-bond donors (Lipinski definition) is 6. The number of amides is 5. The van der Waals surface area contributed by atoms with Crippen molar-refractivity contribution < 1.29 is 38.4 Å². The van der Waals surface area contributed by atoms with Crippen molar-refractivity contribution >= 4 is 89.6 Å². The fourth-order valence-electron chi connectivity index (χ4n) is 5.15. The maximum Gasteiger partial charge on any atom is 0.266 e. The molecule has 0 heterocycles. The summed E-state index contributed by atoms with van der Waals surface area (Å²) in [5, 5.41) is 8.33. The first-order valence-electron chi connectivity index (χ1n) is 21.3. The Hall–Kier alpha value is -6.89. The summed E-state index contributed by atoms with van der Waals surface area (Å²) >= 11 is 10.7. The Morgan fingerprint density at radius 2 is 0.870 bits per heavy atom. The SMILES string of the molecule is CCONC(=O)[C@@H](NC(=O)c1ccc(C#CC#Cc2ccc(N)cc2)cc1)C(C)C.CCONC(=O)[C@@H](NC(=O)c1ccc(C#CC#Cc2ccc(NC(=O)CBr)cc2)cc1)C(C)C.O=C(Cl)CBr. The maximum atomic E-state index is 12.6. The van der Waals surface area contributed by atoms with Gasteiger partial charge in [0, 0.05) is 44.8 Å². The van der Waals surface area contributed by atoms with E-state index in [1.807, 2.05) is 39.8 Å². The molecule has 0 aliphatic carbocycles. The first kappa shape index (κ1) is 58.2. The Kier molecular flexibility index (Phi) is 27.6. The zero-order chi connectivity index (χ0) is 51.1. The van der Waals surface area contributed by atoms with Crippen LogP contribution in [0.5, 0.6) is 0 Å². The average molecular weight is 1090 g/mol. The van der Waals surface area contributed by atoms with Crippen LogP contribution in [0.3, 0.4) is 0 Å². The third-order valence-electron chi connectivity index (χ3n) is 8.66. The first-order valence-corrected chi connectivity index (χ1v) is 23.9. The molecule has 0 fully saturated rings. The Morgan fingerprint density at radius 1 is 0.551 bits per heavy atom. The van der Waals surface area contributed by atoms with Crippen molar-refractivity contribution in [1.82, 2.24) is 21.6 Å². The first-order chi connectivity index (χ1) is 33.0. The number of carbonyl (C=O) groups is 6. The van der Waals surface area contributed by atoms with Crippen LogP contribution in [0.4, 0.5) is 11.4 Å². The van der Waals surface area contributed by atoms with E-state index in [0.717, 1.165) is 16.7 Å². The van der Waals surface area contributed by atoms with Gasteiger partial charge in [0.05, 0.1) is 23.9 Å². The minimum Gasteiger partial charge on any atom is -0.399 e. The van der Waals surface area contributed by atoms with Crippen LogP contribution in [0, 0.1) is 59.2 Å². The van der Waals surface area contributed by atoms with E-state index < -0.39 is 18.0 Å². The highest BCUT2D eigenvalue weighted by molar-refractivity contribution is 9.09. The monoisotopic (exact) mass is 1080 g/mol. The van der Waals surface area contributed by atoms with Crippen molar-refractivity contribution in [3.8, 4) is 47.4 Å². The number of benzene rings is 4. The van der Waals surface area contributed by atoms with Gasteiger partial charge < -0.3 is 21.7 Å². The van der Waals surface area contributed by atoms with Gasteiger partial charge in [0.2, 0.25) is 11.1 Å². The summed E-state index contributed by atoms with van der Waals surface area (Å²) < 4.78 is 0. The molecule has 0 aliphatic rings. The summed E-state index contributed by atoms with van der Waals surface area (Å²) in [6.45, 7) is 11.6. The van der Waals surface area contributed by atoms with Crippen LogP contribution in [0.1, 0.15) is 84.5 Å². The minimum absolute atomic E-state index is 0.0980. The van der Waals surface area contributed by atoms with E-state index in [9.17, 15) is 28.8 Å². The smallest absolute Gasteiger partial charge is 0.266 e. The molecule has 0 saturated heterocycles. The molecule has 0 spiro atoms. The molecule has 0 bridgehead atoms. The van der Waals surface area contributed by atoms with Crippen LogP contribution in [0.15, 0.2) is 97.1 Å². The molecule has 17 heteroatoms. The summed E-state index contributed by atoms with van der Waals surface area (Å²) in [7, 11) is 0. The van der Waals surface area contributed by atoms with Gasteiger partial charge in [-0.2, -0.15) is 0 Å². The molecular weight excluding hydrogens is 1030 g/mol. The molecule has 69 heavy (non-hydrogen) atoms. The van der Waals surface area contributed by atoms with E-state index in [2.05, 4.69) is 106 Å². The van der Waals surface area contributed by atoms with Crippen LogP contribution in [-0.2, 0) is 28.9 Å². The number of halogens is 3. The summed E-state index contributed by atoms with van der Waals surface area (Å²) in [4.78, 5) is 80.1. The molecule has 4 aromatic rings. The Balaban J connectivity index is 0.000000433. The van der Waals surface area contributed by atoms with Crippen LogP contribution >= 0.6 is 43.5 Å². The second-order valence-corrected chi connectivity index (χ2v) is 16.3. The lowest BCUT2D eigenvalue weighted by atomic mass is 10.0. The van der Waals surface area contributed by atoms with Gasteiger partial charge in [0.25, 0.3) is 23.6 Å². The lowest BCUT2D eigenvalue weighted by Crippen LogP contribution is -2.49. The number of nitrogen functional groups attached to an aromatic ring is 1. The highest BCUT2D eigenvalue weighted by atomic mass is 79.9. The summed E-state index contributed by atoms with van der Waals surface area (Å²) in [6, 6.07) is 26.4. The quantitative estimate of drug-likeness (QED) is 0.0241. The topological polar surface area (TPSA) is 207 Å². The van der Waals surface area contributed by atoms with E-state index >= 15 is 0 Å². The molecule has 5 amide bonds. The van der Waals surface area contributed by atoms with Gasteiger partial charge in [0.1, 0.15) is 12.1 Å². The number of rotatable bonds is 15. The lowest BCUT2D eigenvalue weighted by molar-refractivity contribution is -0.136. The van der Waals surface area contributed by atoms with Crippen LogP contribution < -0.4 is 32.6 Å². The number of anilines is 2. The van der Waals surface area contributed by atoms with Gasteiger partial charge >= 0.3 is 0 Å². The van der Waals surface area contributed by atoms with E-state index in [1.54, 1.807) is 98.8 Å². The van der Waals surface area contributed by atoms with Crippen molar-refractivity contribution in [1.29, 1.82) is 0 Å². The fourth-order valence-corrected chi connectivity index (χ4v) is 5.29. The fraction of sp³-hybridized carbons (Fsp3) is 0.269. The highest BCUT2D eigenvalue weighted by Crippen LogP contribution is 2.11. The minimum atomic E-state index is -0.719. The van der Waals surface area contributed by atoms with Crippen molar-refractivity contribution in [2.24, 2.45) is 11.8 Å². The van der Waals surface area contributed by atoms with Crippen LogP contribution in [-0.4, -0.2) is 70.7 Å². The van der Waals surface area contributed by atoms with Crippen LogP contribution in [0.25, 0.3) is 0 Å². The third-order valence-corrected chi connectivity index (χ3v) is 10.1. The van der Waals surface area contributed by atoms with Gasteiger partial charge in [0.15, 0.2) is 0 Å². The molecule has 0 unspecified atom stereocenters. The molecule has 4 rings (SSSR count). The molecule has 7 N–H and O–H groups in total. The lowest BCUT2D eigenvalue weighted by Gasteiger charge is -2.21. The molecule has 0 radical (unpaired) electrons. The van der Waals surface area contributed by atoms with Gasteiger partial charge in [-0.05, 0) is 158 Å². The number of alkyl halides is 2. The molecule has 0 saturated carbocycles. The number of carbonyl (C=O) groups excluding carboxylic acids is 6.